The Hall–Kier alpha value is -3.21. The number of aromatic nitrogens is 4. The molecule has 5 nitrogen and oxygen atoms in total. The van der Waals surface area contributed by atoms with Gasteiger partial charge in [0, 0.05) is 47.3 Å². The molecule has 1 aromatic carbocycles. The molecule has 0 atom stereocenters. The first-order valence-corrected chi connectivity index (χ1v) is 8.45. The molecule has 5 heteroatoms. The maximum absolute atomic E-state index is 4.57. The van der Waals surface area contributed by atoms with Gasteiger partial charge in [-0.25, -0.2) is 9.97 Å². The third kappa shape index (κ3) is 2.45. The van der Waals surface area contributed by atoms with Crippen molar-refractivity contribution in [2.45, 2.75) is 13.0 Å². The van der Waals surface area contributed by atoms with E-state index in [1.54, 1.807) is 6.20 Å². The Morgan fingerprint density at radius 3 is 2.60 bits per heavy atom. The van der Waals surface area contributed by atoms with Gasteiger partial charge >= 0.3 is 0 Å². The van der Waals surface area contributed by atoms with Gasteiger partial charge in [-0.05, 0) is 30.2 Å². The van der Waals surface area contributed by atoms with Crippen LogP contribution in [0.25, 0.3) is 22.2 Å². The van der Waals surface area contributed by atoms with Crippen LogP contribution in [-0.4, -0.2) is 26.5 Å². The number of H-pyrrole nitrogens is 1. The molecule has 0 amide bonds. The van der Waals surface area contributed by atoms with Crippen molar-refractivity contribution in [3.8, 4) is 11.3 Å². The predicted molar refractivity (Wildman–Crippen MR) is 98.3 cm³/mol. The summed E-state index contributed by atoms with van der Waals surface area (Å²) in [6.45, 7) is 1.74. The van der Waals surface area contributed by atoms with Gasteiger partial charge in [0.1, 0.15) is 0 Å². The summed E-state index contributed by atoms with van der Waals surface area (Å²) in [5.74, 6) is 0.768. The Balaban J connectivity index is 1.43. The van der Waals surface area contributed by atoms with Gasteiger partial charge in [-0.2, -0.15) is 0 Å². The van der Waals surface area contributed by atoms with Gasteiger partial charge in [0.2, 0.25) is 5.95 Å². The second kappa shape index (κ2) is 5.70. The van der Waals surface area contributed by atoms with Crippen molar-refractivity contribution in [2.75, 3.05) is 11.4 Å². The van der Waals surface area contributed by atoms with E-state index in [4.69, 9.17) is 0 Å². The lowest BCUT2D eigenvalue weighted by atomic mass is 10.0. The van der Waals surface area contributed by atoms with E-state index in [1.807, 2.05) is 30.6 Å². The zero-order chi connectivity index (χ0) is 16.6. The molecule has 0 radical (unpaired) electrons. The van der Waals surface area contributed by atoms with Gasteiger partial charge in [-0.3, -0.25) is 4.98 Å². The van der Waals surface area contributed by atoms with Crippen molar-refractivity contribution in [1.82, 2.24) is 19.9 Å². The standard InChI is InChI=1S/C20H17N5/c1-2-7-18-15(5-1)16-8-10-25(13-19(16)24-18)20-22-11-14(12-23-20)17-6-3-4-9-21-17/h1-7,9,11-12,24H,8,10,13H2. The first-order valence-electron chi connectivity index (χ1n) is 8.45. The molecule has 5 rings (SSSR count). The number of pyridine rings is 1. The predicted octanol–water partition coefficient (Wildman–Crippen LogP) is 3.58. The zero-order valence-corrected chi connectivity index (χ0v) is 13.7. The van der Waals surface area contributed by atoms with Crippen molar-refractivity contribution >= 4 is 16.9 Å². The molecule has 0 fully saturated rings. The number of para-hydroxylation sites is 1. The molecule has 122 valence electrons. The van der Waals surface area contributed by atoms with Crippen LogP contribution in [0.4, 0.5) is 5.95 Å². The molecule has 0 bridgehead atoms. The minimum absolute atomic E-state index is 0.768. The SMILES string of the molecule is c1ccc(-c2cnc(N3CCc4c([nH]c5ccccc45)C3)nc2)nc1. The molecule has 25 heavy (non-hydrogen) atoms. The fourth-order valence-electron chi connectivity index (χ4n) is 3.51. The van der Waals surface area contributed by atoms with Crippen molar-refractivity contribution in [3.05, 3.63) is 72.3 Å². The third-order valence-corrected chi connectivity index (χ3v) is 4.76. The third-order valence-electron chi connectivity index (χ3n) is 4.76. The highest BCUT2D eigenvalue weighted by atomic mass is 15.3. The second-order valence-corrected chi connectivity index (χ2v) is 6.29. The molecule has 0 spiro atoms. The Kier molecular flexibility index (Phi) is 3.23. The number of nitrogens with one attached hydrogen (secondary N) is 1. The number of rotatable bonds is 2. The van der Waals surface area contributed by atoms with E-state index < -0.39 is 0 Å². The molecule has 1 aliphatic heterocycles. The highest BCUT2D eigenvalue weighted by molar-refractivity contribution is 5.85. The minimum Gasteiger partial charge on any atom is -0.357 e. The highest BCUT2D eigenvalue weighted by Crippen LogP contribution is 2.29. The van der Waals surface area contributed by atoms with Crippen LogP contribution < -0.4 is 4.90 Å². The number of anilines is 1. The van der Waals surface area contributed by atoms with Crippen LogP contribution >= 0.6 is 0 Å². The van der Waals surface area contributed by atoms with E-state index in [9.17, 15) is 0 Å². The lowest BCUT2D eigenvalue weighted by molar-refractivity contribution is 0.701. The fourth-order valence-corrected chi connectivity index (χ4v) is 3.51. The first-order chi connectivity index (χ1) is 12.4. The summed E-state index contributed by atoms with van der Waals surface area (Å²) in [7, 11) is 0. The van der Waals surface area contributed by atoms with Crippen molar-refractivity contribution in [2.24, 2.45) is 0 Å². The number of hydrogen-bond donors (Lipinski definition) is 1. The second-order valence-electron chi connectivity index (χ2n) is 6.29. The molecule has 0 unspecified atom stereocenters. The number of fused-ring (bicyclic) bond motifs is 3. The summed E-state index contributed by atoms with van der Waals surface area (Å²) >= 11 is 0. The van der Waals surface area contributed by atoms with Crippen LogP contribution in [0.3, 0.4) is 0 Å². The van der Waals surface area contributed by atoms with Crippen LogP contribution in [0, 0.1) is 0 Å². The Morgan fingerprint density at radius 1 is 0.920 bits per heavy atom. The van der Waals surface area contributed by atoms with Crippen molar-refractivity contribution in [3.63, 3.8) is 0 Å². The largest absolute Gasteiger partial charge is 0.357 e. The maximum Gasteiger partial charge on any atom is 0.225 e. The zero-order valence-electron chi connectivity index (χ0n) is 13.7. The molecule has 3 aromatic heterocycles. The molecule has 1 aliphatic rings. The molecule has 0 saturated carbocycles. The number of nitrogens with zero attached hydrogens (tertiary/aromatic N) is 4. The summed E-state index contributed by atoms with van der Waals surface area (Å²) < 4.78 is 0. The van der Waals surface area contributed by atoms with Crippen LogP contribution in [-0.2, 0) is 13.0 Å². The lowest BCUT2D eigenvalue weighted by Gasteiger charge is -2.27. The van der Waals surface area contributed by atoms with E-state index >= 15 is 0 Å². The van der Waals surface area contributed by atoms with Crippen LogP contribution in [0.1, 0.15) is 11.3 Å². The molecule has 4 aromatic rings. The smallest absolute Gasteiger partial charge is 0.225 e. The molecule has 0 aliphatic carbocycles. The minimum atomic E-state index is 0.768. The molecule has 1 N–H and O–H groups in total. The summed E-state index contributed by atoms with van der Waals surface area (Å²) in [4.78, 5) is 19.2. The van der Waals surface area contributed by atoms with Gasteiger partial charge in [0.05, 0.1) is 12.2 Å². The van der Waals surface area contributed by atoms with Gasteiger partial charge in [-0.15, -0.1) is 0 Å². The molecule has 0 saturated heterocycles. The topological polar surface area (TPSA) is 57.7 Å². The number of benzene rings is 1. The Morgan fingerprint density at radius 2 is 1.76 bits per heavy atom. The lowest BCUT2D eigenvalue weighted by Crippen LogP contribution is -2.31. The van der Waals surface area contributed by atoms with E-state index in [0.717, 1.165) is 36.7 Å². The van der Waals surface area contributed by atoms with E-state index in [2.05, 4.69) is 49.1 Å². The van der Waals surface area contributed by atoms with Crippen molar-refractivity contribution in [1.29, 1.82) is 0 Å². The summed E-state index contributed by atoms with van der Waals surface area (Å²) in [5, 5.41) is 1.34. The average Bonchev–Trinajstić information content (AvgIpc) is 3.06. The van der Waals surface area contributed by atoms with Gasteiger partial charge in [0.25, 0.3) is 0 Å². The average molecular weight is 327 g/mol. The van der Waals surface area contributed by atoms with Crippen molar-refractivity contribution < 1.29 is 0 Å². The number of aromatic amines is 1. The molecular weight excluding hydrogens is 310 g/mol. The van der Waals surface area contributed by atoms with Gasteiger partial charge in [-0.1, -0.05) is 24.3 Å². The first kappa shape index (κ1) is 14.2. The summed E-state index contributed by atoms with van der Waals surface area (Å²) in [5.41, 5.74) is 5.74. The molecule has 4 heterocycles. The van der Waals surface area contributed by atoms with Gasteiger partial charge in [0.15, 0.2) is 0 Å². The normalized spacial score (nSPS) is 13.8. The van der Waals surface area contributed by atoms with E-state index in [1.165, 1.54) is 22.2 Å². The molecular formula is C20H17N5. The number of hydrogen-bond acceptors (Lipinski definition) is 4. The summed E-state index contributed by atoms with van der Waals surface area (Å²) in [6, 6.07) is 14.3. The monoisotopic (exact) mass is 327 g/mol. The Labute approximate surface area is 145 Å². The fraction of sp³-hybridized carbons (Fsp3) is 0.150. The van der Waals surface area contributed by atoms with E-state index in [0.29, 0.717) is 0 Å². The van der Waals surface area contributed by atoms with Crippen LogP contribution in [0.5, 0.6) is 0 Å². The quantitative estimate of drug-likeness (QED) is 0.611. The summed E-state index contributed by atoms with van der Waals surface area (Å²) in [6.07, 6.45) is 6.49. The highest BCUT2D eigenvalue weighted by Gasteiger charge is 2.22. The Bertz CT molecular complexity index is 1020. The van der Waals surface area contributed by atoms with Gasteiger partial charge < -0.3 is 9.88 Å². The van der Waals surface area contributed by atoms with E-state index in [-0.39, 0.29) is 0 Å². The van der Waals surface area contributed by atoms with Crippen LogP contribution in [0.15, 0.2) is 61.1 Å². The van der Waals surface area contributed by atoms with Crippen LogP contribution in [0.2, 0.25) is 0 Å². The maximum atomic E-state index is 4.57.